The Morgan fingerprint density at radius 1 is 1.00 bits per heavy atom. The van der Waals surface area contributed by atoms with Gasteiger partial charge in [0.2, 0.25) is 5.91 Å². The number of anilines is 1. The van der Waals surface area contributed by atoms with Crippen molar-refractivity contribution in [3.05, 3.63) is 59.9 Å². The first kappa shape index (κ1) is 18.9. The molecular weight excluding hydrogens is 340 g/mol. The van der Waals surface area contributed by atoms with Gasteiger partial charge in [0.05, 0.1) is 0 Å². The van der Waals surface area contributed by atoms with Crippen molar-refractivity contribution in [2.24, 2.45) is 0 Å². The molecule has 6 nitrogen and oxygen atoms in total. The molecule has 0 spiro atoms. The van der Waals surface area contributed by atoms with Gasteiger partial charge in [0.25, 0.3) is 0 Å². The molecule has 1 aromatic heterocycles. The van der Waals surface area contributed by atoms with Gasteiger partial charge < -0.3 is 15.5 Å². The number of amides is 3. The third kappa shape index (κ3) is 6.09. The van der Waals surface area contributed by atoms with Crippen molar-refractivity contribution in [2.75, 3.05) is 25.0 Å². The molecule has 2 aromatic rings. The molecule has 3 amide bonds. The number of rotatable bonds is 7. The zero-order chi connectivity index (χ0) is 18.9. The molecule has 0 saturated carbocycles. The smallest absolute Gasteiger partial charge is 0.319 e. The van der Waals surface area contributed by atoms with E-state index < -0.39 is 0 Å². The predicted octanol–water partition coefficient (Wildman–Crippen LogP) is 3.00. The number of likely N-dealkylation sites (tertiary alicyclic amines) is 1. The molecule has 1 aliphatic rings. The summed E-state index contributed by atoms with van der Waals surface area (Å²) >= 11 is 0. The molecule has 1 aliphatic heterocycles. The van der Waals surface area contributed by atoms with Gasteiger partial charge in [0.1, 0.15) is 0 Å². The lowest BCUT2D eigenvalue weighted by Crippen LogP contribution is -2.30. The summed E-state index contributed by atoms with van der Waals surface area (Å²) in [6.07, 6.45) is 5.95. The lowest BCUT2D eigenvalue weighted by Gasteiger charge is -2.15. The summed E-state index contributed by atoms with van der Waals surface area (Å²) in [6.45, 7) is 2.33. The maximum Gasteiger partial charge on any atom is 0.319 e. The first-order valence-corrected chi connectivity index (χ1v) is 9.52. The number of urea groups is 1. The first-order valence-electron chi connectivity index (χ1n) is 9.52. The Bertz CT molecular complexity index is 741. The maximum absolute atomic E-state index is 12.1. The molecule has 27 heavy (non-hydrogen) atoms. The average molecular weight is 366 g/mol. The Balaban J connectivity index is 1.37. The fraction of sp³-hybridized carbons (Fsp3) is 0.381. The van der Waals surface area contributed by atoms with Crippen LogP contribution in [0, 0.1) is 0 Å². The minimum atomic E-state index is -0.233. The van der Waals surface area contributed by atoms with E-state index in [0.29, 0.717) is 19.4 Å². The molecule has 6 heteroatoms. The van der Waals surface area contributed by atoms with Crippen LogP contribution in [0.15, 0.2) is 48.7 Å². The summed E-state index contributed by atoms with van der Waals surface area (Å²) < 4.78 is 0. The molecule has 3 rings (SSSR count). The second kappa shape index (κ2) is 9.71. The average Bonchev–Trinajstić information content (AvgIpc) is 3.23. The third-order valence-electron chi connectivity index (χ3n) is 4.69. The maximum atomic E-state index is 12.1. The summed E-state index contributed by atoms with van der Waals surface area (Å²) in [6, 6.07) is 13.2. The van der Waals surface area contributed by atoms with Gasteiger partial charge in [-0.1, -0.05) is 18.2 Å². The monoisotopic (exact) mass is 366 g/mol. The van der Waals surface area contributed by atoms with E-state index >= 15 is 0 Å². The van der Waals surface area contributed by atoms with Crippen LogP contribution in [0.3, 0.4) is 0 Å². The third-order valence-corrected chi connectivity index (χ3v) is 4.69. The van der Waals surface area contributed by atoms with Crippen LogP contribution < -0.4 is 10.6 Å². The fourth-order valence-corrected chi connectivity index (χ4v) is 3.16. The van der Waals surface area contributed by atoms with Crippen molar-refractivity contribution in [3.8, 4) is 0 Å². The number of aryl methyl sites for hydroxylation is 1. The van der Waals surface area contributed by atoms with Crippen molar-refractivity contribution < 1.29 is 9.59 Å². The summed E-state index contributed by atoms with van der Waals surface area (Å²) in [7, 11) is 0. The van der Waals surface area contributed by atoms with Crippen LogP contribution in [0.1, 0.15) is 30.5 Å². The van der Waals surface area contributed by atoms with E-state index in [9.17, 15) is 9.59 Å². The molecule has 0 bridgehead atoms. The van der Waals surface area contributed by atoms with Gasteiger partial charge in [-0.15, -0.1) is 0 Å². The number of carbonyl (C=O) groups is 2. The molecule has 0 aliphatic carbocycles. The molecule has 0 radical (unpaired) electrons. The van der Waals surface area contributed by atoms with E-state index in [1.165, 1.54) is 0 Å². The van der Waals surface area contributed by atoms with Gasteiger partial charge in [-0.2, -0.15) is 0 Å². The molecule has 1 saturated heterocycles. The van der Waals surface area contributed by atoms with Crippen molar-refractivity contribution in [1.29, 1.82) is 0 Å². The van der Waals surface area contributed by atoms with Crippen molar-refractivity contribution in [1.82, 2.24) is 15.2 Å². The van der Waals surface area contributed by atoms with E-state index in [-0.39, 0.29) is 11.9 Å². The summed E-state index contributed by atoms with van der Waals surface area (Å²) in [5, 5.41) is 5.64. The fourth-order valence-electron chi connectivity index (χ4n) is 3.16. The minimum Gasteiger partial charge on any atom is -0.343 e. The highest BCUT2D eigenvalue weighted by Gasteiger charge is 2.17. The summed E-state index contributed by atoms with van der Waals surface area (Å²) in [4.78, 5) is 30.2. The van der Waals surface area contributed by atoms with Gasteiger partial charge >= 0.3 is 6.03 Å². The Morgan fingerprint density at radius 2 is 1.78 bits per heavy atom. The second-order valence-electron chi connectivity index (χ2n) is 6.74. The van der Waals surface area contributed by atoms with Gasteiger partial charge in [-0.25, -0.2) is 4.79 Å². The van der Waals surface area contributed by atoms with Crippen LogP contribution in [0.25, 0.3) is 0 Å². The Hall–Kier alpha value is -2.89. The first-order chi connectivity index (χ1) is 13.2. The van der Waals surface area contributed by atoms with Crippen molar-refractivity contribution >= 4 is 17.6 Å². The zero-order valence-electron chi connectivity index (χ0n) is 15.5. The van der Waals surface area contributed by atoms with Gasteiger partial charge in [0, 0.05) is 50.1 Å². The zero-order valence-corrected chi connectivity index (χ0v) is 15.5. The van der Waals surface area contributed by atoms with Crippen LogP contribution in [0.4, 0.5) is 10.5 Å². The number of carbonyl (C=O) groups excluding carboxylic acids is 2. The van der Waals surface area contributed by atoms with Gasteiger partial charge in [-0.05, 0) is 49.1 Å². The molecule has 0 unspecified atom stereocenters. The van der Waals surface area contributed by atoms with Crippen LogP contribution in [0.5, 0.6) is 0 Å². The Morgan fingerprint density at radius 3 is 2.48 bits per heavy atom. The van der Waals surface area contributed by atoms with Crippen LogP contribution in [-0.4, -0.2) is 41.5 Å². The van der Waals surface area contributed by atoms with Crippen molar-refractivity contribution in [3.63, 3.8) is 0 Å². The van der Waals surface area contributed by atoms with E-state index in [0.717, 1.165) is 49.3 Å². The number of nitrogens with zero attached hydrogens (tertiary/aromatic N) is 2. The topological polar surface area (TPSA) is 74.3 Å². The van der Waals surface area contributed by atoms with E-state index in [4.69, 9.17) is 0 Å². The molecule has 2 heterocycles. The highest BCUT2D eigenvalue weighted by Crippen LogP contribution is 2.14. The predicted molar refractivity (Wildman–Crippen MR) is 106 cm³/mol. The molecule has 1 aromatic carbocycles. The lowest BCUT2D eigenvalue weighted by atomic mass is 10.1. The highest BCUT2D eigenvalue weighted by molar-refractivity contribution is 5.89. The number of hydrogen-bond acceptors (Lipinski definition) is 3. The number of nitrogens with one attached hydrogen (secondary N) is 2. The number of aromatic nitrogens is 1. The molecule has 142 valence electrons. The van der Waals surface area contributed by atoms with E-state index in [1.807, 2.05) is 47.4 Å². The lowest BCUT2D eigenvalue weighted by molar-refractivity contribution is -0.130. The molecule has 0 atom stereocenters. The van der Waals surface area contributed by atoms with Gasteiger partial charge in [0.15, 0.2) is 0 Å². The van der Waals surface area contributed by atoms with E-state index in [2.05, 4.69) is 15.6 Å². The summed E-state index contributed by atoms with van der Waals surface area (Å²) in [5.41, 5.74) is 2.79. The molecule has 1 fully saturated rings. The normalized spacial score (nSPS) is 13.4. The molecular formula is C21H26N4O2. The summed E-state index contributed by atoms with van der Waals surface area (Å²) in [5.74, 6) is 0.238. The van der Waals surface area contributed by atoms with Crippen LogP contribution >= 0.6 is 0 Å². The van der Waals surface area contributed by atoms with Crippen LogP contribution in [0.2, 0.25) is 0 Å². The van der Waals surface area contributed by atoms with E-state index in [1.54, 1.807) is 6.20 Å². The standard InChI is InChI=1S/C21H26N4O2/c26-20(25-15-3-4-16-25)11-8-17-6-9-19(10-7-17)24-21(27)23-14-12-18-5-1-2-13-22-18/h1-2,5-7,9-10,13H,3-4,8,11-12,14-16H2,(H2,23,24,27). The quantitative estimate of drug-likeness (QED) is 0.791. The van der Waals surface area contributed by atoms with Crippen molar-refractivity contribution in [2.45, 2.75) is 32.1 Å². The number of hydrogen-bond donors (Lipinski definition) is 2. The number of benzene rings is 1. The highest BCUT2D eigenvalue weighted by atomic mass is 16.2. The minimum absolute atomic E-state index is 0.233. The second-order valence-corrected chi connectivity index (χ2v) is 6.74. The largest absolute Gasteiger partial charge is 0.343 e. The number of pyridine rings is 1. The van der Waals surface area contributed by atoms with Crippen LogP contribution in [-0.2, 0) is 17.6 Å². The Labute approximate surface area is 160 Å². The SMILES string of the molecule is O=C(NCCc1ccccn1)Nc1ccc(CCC(=O)N2CCCC2)cc1. The Kier molecular flexibility index (Phi) is 6.79. The van der Waals surface area contributed by atoms with Gasteiger partial charge in [-0.3, -0.25) is 9.78 Å². The molecule has 2 N–H and O–H groups in total.